The average molecular weight is 397 g/mol. The van der Waals surface area contributed by atoms with Gasteiger partial charge in [0.15, 0.2) is 5.60 Å². The zero-order valence-electron chi connectivity index (χ0n) is 16.6. The number of hydrogen-bond donors (Lipinski definition) is 1. The van der Waals surface area contributed by atoms with Gasteiger partial charge in [0.05, 0.1) is 0 Å². The monoisotopic (exact) mass is 397 g/mol. The number of carbonyl (C=O) groups is 1. The first-order valence-corrected chi connectivity index (χ1v) is 10.4. The van der Waals surface area contributed by atoms with Crippen LogP contribution in [0.15, 0.2) is 24.3 Å². The SMILES string of the molecule is CCCC1CCC(N(C(=O)c2ccc([C@](C)(O)C(F)(F)F)cc2)C2CC2)CC1. The van der Waals surface area contributed by atoms with Crippen molar-refractivity contribution in [1.82, 2.24) is 4.90 Å². The molecule has 1 aromatic rings. The van der Waals surface area contributed by atoms with Gasteiger partial charge in [0.25, 0.3) is 5.91 Å². The first kappa shape index (κ1) is 21.2. The van der Waals surface area contributed by atoms with Gasteiger partial charge in [-0.3, -0.25) is 4.79 Å². The second-order valence-corrected chi connectivity index (χ2v) is 8.55. The molecule has 3 nitrogen and oxygen atoms in total. The molecule has 28 heavy (non-hydrogen) atoms. The Kier molecular flexibility index (Phi) is 6.08. The lowest BCUT2D eigenvalue weighted by Gasteiger charge is -2.37. The molecule has 1 N–H and O–H groups in total. The number of benzene rings is 1. The molecule has 156 valence electrons. The maximum atomic E-state index is 13.1. The number of alkyl halides is 3. The number of halogens is 3. The predicted octanol–water partition coefficient (Wildman–Crippen LogP) is 5.42. The summed E-state index contributed by atoms with van der Waals surface area (Å²) in [6, 6.07) is 5.74. The number of rotatable bonds is 6. The van der Waals surface area contributed by atoms with E-state index < -0.39 is 11.8 Å². The minimum Gasteiger partial charge on any atom is -0.376 e. The quantitative estimate of drug-likeness (QED) is 0.696. The Morgan fingerprint density at radius 3 is 1.96 bits per heavy atom. The fourth-order valence-corrected chi connectivity index (χ4v) is 4.35. The van der Waals surface area contributed by atoms with Crippen molar-refractivity contribution < 1.29 is 23.1 Å². The topological polar surface area (TPSA) is 40.5 Å². The van der Waals surface area contributed by atoms with E-state index in [1.807, 2.05) is 4.90 Å². The Hall–Kier alpha value is -1.56. The highest BCUT2D eigenvalue weighted by Crippen LogP contribution is 2.40. The van der Waals surface area contributed by atoms with Crippen LogP contribution in [-0.4, -0.2) is 34.2 Å². The summed E-state index contributed by atoms with van der Waals surface area (Å²) in [7, 11) is 0. The normalized spacial score (nSPS) is 25.2. The van der Waals surface area contributed by atoms with Crippen molar-refractivity contribution in [3.05, 3.63) is 35.4 Å². The summed E-state index contributed by atoms with van der Waals surface area (Å²) in [4.78, 5) is 15.1. The second kappa shape index (κ2) is 8.05. The van der Waals surface area contributed by atoms with E-state index in [4.69, 9.17) is 0 Å². The smallest absolute Gasteiger partial charge is 0.376 e. The number of amides is 1. The Morgan fingerprint density at radius 1 is 1.04 bits per heavy atom. The summed E-state index contributed by atoms with van der Waals surface area (Å²) in [5.41, 5.74) is -2.79. The van der Waals surface area contributed by atoms with Crippen LogP contribution in [0.4, 0.5) is 13.2 Å². The number of carbonyl (C=O) groups excluding carboxylic acids is 1. The summed E-state index contributed by atoms with van der Waals surface area (Å²) < 4.78 is 39.1. The lowest BCUT2D eigenvalue weighted by Crippen LogP contribution is -2.44. The molecule has 0 unspecified atom stereocenters. The molecule has 2 saturated carbocycles. The van der Waals surface area contributed by atoms with Crippen LogP contribution in [-0.2, 0) is 5.60 Å². The minimum atomic E-state index is -4.77. The van der Waals surface area contributed by atoms with Gasteiger partial charge >= 0.3 is 6.18 Å². The molecule has 0 heterocycles. The van der Waals surface area contributed by atoms with Crippen LogP contribution in [0, 0.1) is 5.92 Å². The Balaban J connectivity index is 1.72. The molecular formula is C22H30F3NO2. The maximum absolute atomic E-state index is 13.1. The largest absolute Gasteiger partial charge is 0.421 e. The molecule has 1 aromatic carbocycles. The first-order chi connectivity index (χ1) is 13.1. The molecule has 1 amide bonds. The molecule has 3 rings (SSSR count). The third kappa shape index (κ3) is 4.37. The van der Waals surface area contributed by atoms with Crippen molar-refractivity contribution in [3.63, 3.8) is 0 Å². The third-order valence-electron chi connectivity index (χ3n) is 6.33. The zero-order chi connectivity index (χ0) is 20.5. The number of aliphatic hydroxyl groups is 1. The molecule has 0 bridgehead atoms. The average Bonchev–Trinajstić information content (AvgIpc) is 3.47. The molecular weight excluding hydrogens is 367 g/mol. The lowest BCUT2D eigenvalue weighted by molar-refractivity contribution is -0.258. The molecule has 2 aliphatic carbocycles. The van der Waals surface area contributed by atoms with E-state index in [0.29, 0.717) is 5.56 Å². The predicted molar refractivity (Wildman–Crippen MR) is 102 cm³/mol. The second-order valence-electron chi connectivity index (χ2n) is 8.55. The summed E-state index contributed by atoms with van der Waals surface area (Å²) in [5.74, 6) is 0.654. The van der Waals surface area contributed by atoms with Crippen LogP contribution in [0.3, 0.4) is 0 Å². The van der Waals surface area contributed by atoms with Gasteiger partial charge in [-0.1, -0.05) is 31.9 Å². The highest BCUT2D eigenvalue weighted by atomic mass is 19.4. The molecule has 0 aliphatic heterocycles. The summed E-state index contributed by atoms with van der Waals surface area (Å²) in [6.07, 6.45) is 3.96. The molecule has 0 aromatic heterocycles. The molecule has 1 atom stereocenters. The van der Waals surface area contributed by atoms with Crippen molar-refractivity contribution >= 4 is 5.91 Å². The molecule has 0 radical (unpaired) electrons. The Bertz CT molecular complexity index is 672. The van der Waals surface area contributed by atoms with Crippen LogP contribution in [0.2, 0.25) is 0 Å². The highest BCUT2D eigenvalue weighted by molar-refractivity contribution is 5.95. The molecule has 0 saturated heterocycles. The van der Waals surface area contributed by atoms with Gasteiger partial charge in [-0.15, -0.1) is 0 Å². The third-order valence-corrected chi connectivity index (χ3v) is 6.33. The number of nitrogens with zero attached hydrogens (tertiary/aromatic N) is 1. The highest BCUT2D eigenvalue weighted by Gasteiger charge is 2.51. The molecule has 2 fully saturated rings. The van der Waals surface area contributed by atoms with Crippen LogP contribution in [0.25, 0.3) is 0 Å². The Labute approximate surface area is 164 Å². The fraction of sp³-hybridized carbons (Fsp3) is 0.682. The summed E-state index contributed by atoms with van der Waals surface area (Å²) in [6.45, 7) is 2.93. The van der Waals surface area contributed by atoms with Crippen LogP contribution < -0.4 is 0 Å². The molecule has 6 heteroatoms. The zero-order valence-corrected chi connectivity index (χ0v) is 16.6. The van der Waals surface area contributed by atoms with Crippen molar-refractivity contribution in [1.29, 1.82) is 0 Å². The van der Waals surface area contributed by atoms with Gasteiger partial charge in [-0.05, 0) is 69.1 Å². The Morgan fingerprint density at radius 2 is 1.54 bits per heavy atom. The summed E-state index contributed by atoms with van der Waals surface area (Å²) in [5, 5.41) is 9.81. The maximum Gasteiger partial charge on any atom is 0.421 e. The van der Waals surface area contributed by atoms with Crippen molar-refractivity contribution in [2.75, 3.05) is 0 Å². The van der Waals surface area contributed by atoms with E-state index in [0.717, 1.165) is 51.4 Å². The van der Waals surface area contributed by atoms with Gasteiger partial charge in [-0.25, -0.2) is 0 Å². The van der Waals surface area contributed by atoms with Gasteiger partial charge in [0, 0.05) is 17.6 Å². The van der Waals surface area contributed by atoms with Crippen molar-refractivity contribution in [2.45, 2.75) is 89.1 Å². The van der Waals surface area contributed by atoms with Gasteiger partial charge in [0.2, 0.25) is 0 Å². The van der Waals surface area contributed by atoms with Crippen molar-refractivity contribution in [2.24, 2.45) is 5.92 Å². The van der Waals surface area contributed by atoms with Gasteiger partial charge in [0.1, 0.15) is 0 Å². The van der Waals surface area contributed by atoms with E-state index in [9.17, 15) is 23.1 Å². The van der Waals surface area contributed by atoms with E-state index in [1.165, 1.54) is 37.1 Å². The number of hydrogen-bond acceptors (Lipinski definition) is 2. The summed E-state index contributed by atoms with van der Waals surface area (Å²) >= 11 is 0. The lowest BCUT2D eigenvalue weighted by atomic mass is 9.82. The van der Waals surface area contributed by atoms with Crippen molar-refractivity contribution in [3.8, 4) is 0 Å². The van der Waals surface area contributed by atoms with E-state index >= 15 is 0 Å². The fourth-order valence-electron chi connectivity index (χ4n) is 4.35. The first-order valence-electron chi connectivity index (χ1n) is 10.4. The van der Waals surface area contributed by atoms with Crippen LogP contribution in [0.1, 0.15) is 81.1 Å². The molecule has 0 spiro atoms. The van der Waals surface area contributed by atoms with Gasteiger partial charge < -0.3 is 10.0 Å². The van der Waals surface area contributed by atoms with Crippen LogP contribution >= 0.6 is 0 Å². The van der Waals surface area contributed by atoms with E-state index in [1.54, 1.807) is 0 Å². The molecule has 2 aliphatic rings. The van der Waals surface area contributed by atoms with E-state index in [2.05, 4.69) is 6.92 Å². The van der Waals surface area contributed by atoms with Gasteiger partial charge in [-0.2, -0.15) is 13.2 Å². The van der Waals surface area contributed by atoms with Crippen LogP contribution in [0.5, 0.6) is 0 Å². The van der Waals surface area contributed by atoms with E-state index in [-0.39, 0.29) is 23.6 Å². The minimum absolute atomic E-state index is 0.0976. The standard InChI is InChI=1S/C22H30F3NO2/c1-3-4-15-5-11-18(12-6-15)26(19-13-14-19)20(27)16-7-9-17(10-8-16)21(2,28)22(23,24)25/h7-10,15,18-19,28H,3-6,11-14H2,1-2H3/t15?,18?,21-/m0/s1.